The van der Waals surface area contributed by atoms with Crippen molar-refractivity contribution >= 4 is 23.7 Å². The lowest BCUT2D eigenvalue weighted by molar-refractivity contribution is -0.113. The Morgan fingerprint density at radius 3 is 2.45 bits per heavy atom. The fraction of sp³-hybridized carbons (Fsp3) is 0.0833. The van der Waals surface area contributed by atoms with E-state index in [0.29, 0.717) is 28.3 Å². The summed E-state index contributed by atoms with van der Waals surface area (Å²) in [7, 11) is 1.49. The summed E-state index contributed by atoms with van der Waals surface area (Å²) in [4.78, 5) is 26.1. The number of carbonyl (C=O) groups excluding carboxylic acids is 2. The Morgan fingerprint density at radius 2 is 1.71 bits per heavy atom. The van der Waals surface area contributed by atoms with E-state index in [9.17, 15) is 14.0 Å². The summed E-state index contributed by atoms with van der Waals surface area (Å²) in [5.41, 5.74) is 1.70. The first-order valence-corrected chi connectivity index (χ1v) is 9.53. The summed E-state index contributed by atoms with van der Waals surface area (Å²) in [5, 5.41) is 2.59. The molecule has 156 valence electrons. The fourth-order valence-corrected chi connectivity index (χ4v) is 3.18. The van der Waals surface area contributed by atoms with Crippen LogP contribution in [0.5, 0.6) is 11.5 Å². The molecule has 4 rings (SSSR count). The third-order valence-electron chi connectivity index (χ3n) is 4.73. The highest BCUT2D eigenvalue weighted by Gasteiger charge is 2.34. The summed E-state index contributed by atoms with van der Waals surface area (Å²) < 4.78 is 24.9. The molecule has 1 aliphatic heterocycles. The largest absolute Gasteiger partial charge is 0.493 e. The average molecular weight is 418 g/mol. The van der Waals surface area contributed by atoms with E-state index in [-0.39, 0.29) is 18.1 Å². The minimum absolute atomic E-state index is 0.0457. The number of hydrogen-bond donors (Lipinski definition) is 1. The lowest BCUT2D eigenvalue weighted by Gasteiger charge is -2.12. The smallest absolute Gasteiger partial charge is 0.333 e. The van der Waals surface area contributed by atoms with Gasteiger partial charge in [-0.25, -0.2) is 14.1 Å². The van der Waals surface area contributed by atoms with Crippen LogP contribution in [0.15, 0.2) is 78.5 Å². The van der Waals surface area contributed by atoms with Gasteiger partial charge < -0.3 is 14.8 Å². The summed E-state index contributed by atoms with van der Waals surface area (Å²) in [6.45, 7) is 0.0457. The maximum atomic E-state index is 13.8. The van der Waals surface area contributed by atoms with Crippen molar-refractivity contribution in [3.05, 3.63) is 95.4 Å². The van der Waals surface area contributed by atoms with E-state index >= 15 is 0 Å². The summed E-state index contributed by atoms with van der Waals surface area (Å²) in [5.74, 6) is 0.0549. The molecule has 0 radical (unpaired) electrons. The Hall–Kier alpha value is -4.13. The van der Waals surface area contributed by atoms with Gasteiger partial charge in [0.1, 0.15) is 18.1 Å². The first-order chi connectivity index (χ1) is 15.1. The number of amides is 3. The van der Waals surface area contributed by atoms with E-state index in [1.54, 1.807) is 72.8 Å². The van der Waals surface area contributed by atoms with Gasteiger partial charge >= 0.3 is 6.03 Å². The highest BCUT2D eigenvalue weighted by molar-refractivity contribution is 6.28. The number of imide groups is 1. The van der Waals surface area contributed by atoms with Gasteiger partial charge in [0.25, 0.3) is 5.91 Å². The van der Waals surface area contributed by atoms with Gasteiger partial charge in [0.05, 0.1) is 12.8 Å². The molecule has 3 aromatic carbocycles. The molecule has 3 aromatic rings. The molecule has 1 N–H and O–H groups in total. The number of ether oxygens (including phenoxy) is 2. The molecule has 1 aliphatic rings. The van der Waals surface area contributed by atoms with Crippen LogP contribution in [0.4, 0.5) is 14.9 Å². The molecule has 0 unspecified atom stereocenters. The van der Waals surface area contributed by atoms with Crippen molar-refractivity contribution < 1.29 is 23.5 Å². The molecule has 0 saturated carbocycles. The van der Waals surface area contributed by atoms with Gasteiger partial charge in [0.15, 0.2) is 11.5 Å². The SMILES string of the molecule is COc1cc(/C=C2/NC(=O)N(c3ccccc3)C2=O)ccc1OCc1ccccc1F. The van der Waals surface area contributed by atoms with E-state index in [0.717, 1.165) is 4.90 Å². The molecule has 0 atom stereocenters. The summed E-state index contributed by atoms with van der Waals surface area (Å²) in [6, 6.07) is 19.6. The highest BCUT2D eigenvalue weighted by Crippen LogP contribution is 2.30. The molecule has 0 spiro atoms. The normalized spacial score (nSPS) is 14.6. The number of urea groups is 1. The molecular weight excluding hydrogens is 399 g/mol. The van der Waals surface area contributed by atoms with Gasteiger partial charge in [-0.2, -0.15) is 0 Å². The minimum atomic E-state index is -0.515. The molecule has 3 amide bonds. The van der Waals surface area contributed by atoms with Crippen LogP contribution in [-0.4, -0.2) is 19.0 Å². The molecule has 0 aromatic heterocycles. The third-order valence-corrected chi connectivity index (χ3v) is 4.73. The first kappa shape index (κ1) is 20.2. The summed E-state index contributed by atoms with van der Waals surface area (Å²) in [6.07, 6.45) is 1.56. The topological polar surface area (TPSA) is 67.9 Å². The van der Waals surface area contributed by atoms with E-state index < -0.39 is 11.9 Å². The average Bonchev–Trinajstić information content (AvgIpc) is 3.07. The lowest BCUT2D eigenvalue weighted by atomic mass is 10.1. The fourth-order valence-electron chi connectivity index (χ4n) is 3.18. The van der Waals surface area contributed by atoms with Crippen LogP contribution >= 0.6 is 0 Å². The maximum Gasteiger partial charge on any atom is 0.333 e. The number of hydrogen-bond acceptors (Lipinski definition) is 4. The Labute approximate surface area is 178 Å². The highest BCUT2D eigenvalue weighted by atomic mass is 19.1. The van der Waals surface area contributed by atoms with Crippen molar-refractivity contribution in [2.75, 3.05) is 12.0 Å². The predicted octanol–water partition coefficient (Wildman–Crippen LogP) is 4.51. The standard InChI is InChI=1S/C24H19FN2O4/c1-30-22-14-16(11-12-21(22)31-15-17-7-5-6-10-19(17)25)13-20-23(28)27(24(29)26-20)18-8-3-2-4-9-18/h2-14H,15H2,1H3,(H,26,29)/b20-13+. The van der Waals surface area contributed by atoms with E-state index in [1.807, 2.05) is 0 Å². The number of halogens is 1. The van der Waals surface area contributed by atoms with Gasteiger partial charge in [0.2, 0.25) is 0 Å². The van der Waals surface area contributed by atoms with Crippen molar-refractivity contribution in [2.45, 2.75) is 6.61 Å². The van der Waals surface area contributed by atoms with E-state index in [1.165, 1.54) is 13.2 Å². The zero-order valence-electron chi connectivity index (χ0n) is 16.7. The van der Waals surface area contributed by atoms with Gasteiger partial charge in [-0.05, 0) is 42.0 Å². The molecule has 1 fully saturated rings. The molecule has 31 heavy (non-hydrogen) atoms. The second-order valence-electron chi connectivity index (χ2n) is 6.75. The first-order valence-electron chi connectivity index (χ1n) is 9.53. The van der Waals surface area contributed by atoms with Gasteiger partial charge in [-0.1, -0.05) is 42.5 Å². The Bertz CT molecular complexity index is 1160. The van der Waals surface area contributed by atoms with E-state index in [4.69, 9.17) is 9.47 Å². The number of para-hydroxylation sites is 1. The molecule has 0 bridgehead atoms. The van der Waals surface area contributed by atoms with Crippen LogP contribution in [-0.2, 0) is 11.4 Å². The third kappa shape index (κ3) is 4.25. The quantitative estimate of drug-likeness (QED) is 0.472. The number of nitrogens with one attached hydrogen (secondary N) is 1. The molecule has 6 nitrogen and oxygen atoms in total. The second-order valence-corrected chi connectivity index (χ2v) is 6.75. The van der Waals surface area contributed by atoms with E-state index in [2.05, 4.69) is 5.32 Å². The number of methoxy groups -OCH3 is 1. The number of anilines is 1. The number of carbonyl (C=O) groups is 2. The zero-order valence-corrected chi connectivity index (χ0v) is 16.7. The lowest BCUT2D eigenvalue weighted by Crippen LogP contribution is -2.30. The van der Waals surface area contributed by atoms with Crippen molar-refractivity contribution in [3.63, 3.8) is 0 Å². The number of benzene rings is 3. The Morgan fingerprint density at radius 1 is 0.968 bits per heavy atom. The van der Waals surface area contributed by atoms with Crippen molar-refractivity contribution in [1.82, 2.24) is 5.32 Å². The van der Waals surface area contributed by atoms with Crippen LogP contribution < -0.4 is 19.7 Å². The Kier molecular flexibility index (Phi) is 5.66. The molecule has 1 saturated heterocycles. The van der Waals surface area contributed by atoms with Gasteiger partial charge in [-0.3, -0.25) is 4.79 Å². The van der Waals surface area contributed by atoms with Crippen molar-refractivity contribution in [1.29, 1.82) is 0 Å². The zero-order chi connectivity index (χ0) is 21.8. The van der Waals surface area contributed by atoms with Crippen LogP contribution in [0, 0.1) is 5.82 Å². The maximum absolute atomic E-state index is 13.8. The van der Waals surface area contributed by atoms with Crippen molar-refractivity contribution in [2.24, 2.45) is 0 Å². The van der Waals surface area contributed by atoms with Crippen LogP contribution in [0.1, 0.15) is 11.1 Å². The van der Waals surface area contributed by atoms with Gasteiger partial charge in [0, 0.05) is 5.56 Å². The van der Waals surface area contributed by atoms with Crippen molar-refractivity contribution in [3.8, 4) is 11.5 Å². The van der Waals surface area contributed by atoms with Gasteiger partial charge in [-0.15, -0.1) is 0 Å². The molecule has 1 heterocycles. The van der Waals surface area contributed by atoms with Crippen LogP contribution in [0.3, 0.4) is 0 Å². The van der Waals surface area contributed by atoms with Crippen LogP contribution in [0.25, 0.3) is 6.08 Å². The molecule has 7 heteroatoms. The summed E-state index contributed by atoms with van der Waals surface area (Å²) >= 11 is 0. The minimum Gasteiger partial charge on any atom is -0.493 e. The molecular formula is C24H19FN2O4. The predicted molar refractivity (Wildman–Crippen MR) is 114 cm³/mol. The van der Waals surface area contributed by atoms with Crippen LogP contribution in [0.2, 0.25) is 0 Å². The Balaban J connectivity index is 1.54. The number of nitrogens with zero attached hydrogens (tertiary/aromatic N) is 1. The number of rotatable bonds is 6. The second kappa shape index (κ2) is 8.71. The molecule has 0 aliphatic carbocycles. The monoisotopic (exact) mass is 418 g/mol.